The van der Waals surface area contributed by atoms with Crippen LogP contribution >= 0.6 is 0 Å². The number of hydrogen-bond acceptors (Lipinski definition) is 3. The zero-order valence-corrected chi connectivity index (χ0v) is 13.2. The van der Waals surface area contributed by atoms with Gasteiger partial charge in [0.1, 0.15) is 22.8 Å². The predicted octanol–water partition coefficient (Wildman–Crippen LogP) is 4.55. The van der Waals surface area contributed by atoms with Gasteiger partial charge in [0.25, 0.3) is 0 Å². The average Bonchev–Trinajstić information content (AvgIpc) is 3.05. The molecule has 1 aliphatic carbocycles. The zero-order chi connectivity index (χ0) is 15.4. The highest BCUT2D eigenvalue weighted by Gasteiger charge is 2.38. The van der Waals surface area contributed by atoms with Gasteiger partial charge in [-0.25, -0.2) is 0 Å². The second-order valence-corrected chi connectivity index (χ2v) is 5.71. The van der Waals surface area contributed by atoms with Gasteiger partial charge >= 0.3 is 0 Å². The summed E-state index contributed by atoms with van der Waals surface area (Å²) in [6, 6.07) is 16.1. The maximum atomic E-state index is 6.43. The normalized spacial score (nSPS) is 16.3. The summed E-state index contributed by atoms with van der Waals surface area (Å²) in [5.74, 6) is 2.61. The number of ether oxygens (including phenoxy) is 3. The van der Waals surface area contributed by atoms with Crippen molar-refractivity contribution in [2.45, 2.75) is 31.3 Å². The number of methoxy groups -OCH3 is 2. The summed E-state index contributed by atoms with van der Waals surface area (Å²) in [5.41, 5.74) is 1.00. The second kappa shape index (κ2) is 6.30. The van der Waals surface area contributed by atoms with Crippen LogP contribution in [0.2, 0.25) is 0 Å². The quantitative estimate of drug-likeness (QED) is 0.810. The monoisotopic (exact) mass is 298 g/mol. The molecule has 0 saturated heterocycles. The highest BCUT2D eigenvalue weighted by molar-refractivity contribution is 5.35. The van der Waals surface area contributed by atoms with Crippen molar-refractivity contribution in [3.8, 4) is 17.2 Å². The molecule has 0 aliphatic heterocycles. The summed E-state index contributed by atoms with van der Waals surface area (Å²) in [6.07, 6.45) is 4.49. The molecular formula is C19H22O3. The molecule has 1 aliphatic rings. The Balaban J connectivity index is 1.86. The lowest BCUT2D eigenvalue weighted by atomic mass is 9.91. The Bertz CT molecular complexity index is 596. The first-order valence-electron chi connectivity index (χ1n) is 7.73. The van der Waals surface area contributed by atoms with Crippen molar-refractivity contribution < 1.29 is 14.2 Å². The van der Waals surface area contributed by atoms with Gasteiger partial charge in [0, 0.05) is 0 Å². The lowest BCUT2D eigenvalue weighted by Gasteiger charge is -2.31. The Morgan fingerprint density at radius 3 is 1.64 bits per heavy atom. The van der Waals surface area contributed by atoms with E-state index in [-0.39, 0.29) is 5.60 Å². The minimum Gasteiger partial charge on any atom is -0.497 e. The molecule has 0 atom stereocenters. The topological polar surface area (TPSA) is 27.7 Å². The van der Waals surface area contributed by atoms with Crippen LogP contribution in [0.15, 0.2) is 48.5 Å². The highest BCUT2D eigenvalue weighted by atomic mass is 16.5. The summed E-state index contributed by atoms with van der Waals surface area (Å²) in [6.45, 7) is 0. The van der Waals surface area contributed by atoms with Crippen molar-refractivity contribution in [2.75, 3.05) is 14.2 Å². The molecule has 2 aromatic rings. The third-order valence-electron chi connectivity index (χ3n) is 4.40. The molecule has 116 valence electrons. The minimum atomic E-state index is -0.221. The fraction of sp³-hybridized carbons (Fsp3) is 0.368. The molecule has 3 rings (SSSR count). The van der Waals surface area contributed by atoms with Crippen LogP contribution in [0.1, 0.15) is 31.2 Å². The first-order chi connectivity index (χ1) is 10.8. The maximum Gasteiger partial charge on any atom is 0.134 e. The van der Waals surface area contributed by atoms with E-state index in [0.717, 1.165) is 30.1 Å². The molecule has 0 heterocycles. The second-order valence-electron chi connectivity index (χ2n) is 5.71. The van der Waals surface area contributed by atoms with E-state index in [1.165, 1.54) is 18.4 Å². The van der Waals surface area contributed by atoms with Crippen LogP contribution in [0.4, 0.5) is 0 Å². The molecule has 1 fully saturated rings. The summed E-state index contributed by atoms with van der Waals surface area (Å²) in [5, 5.41) is 0. The number of benzene rings is 2. The van der Waals surface area contributed by atoms with Gasteiger partial charge in [-0.3, -0.25) is 0 Å². The van der Waals surface area contributed by atoms with Gasteiger partial charge in [0.15, 0.2) is 0 Å². The van der Waals surface area contributed by atoms with Gasteiger partial charge in [-0.2, -0.15) is 0 Å². The molecule has 3 heteroatoms. The predicted molar refractivity (Wildman–Crippen MR) is 86.8 cm³/mol. The molecule has 0 unspecified atom stereocenters. The summed E-state index contributed by atoms with van der Waals surface area (Å²) < 4.78 is 16.9. The zero-order valence-electron chi connectivity index (χ0n) is 13.2. The number of hydrogen-bond donors (Lipinski definition) is 0. The van der Waals surface area contributed by atoms with E-state index >= 15 is 0 Å². The average molecular weight is 298 g/mol. The first-order valence-corrected chi connectivity index (χ1v) is 7.73. The van der Waals surface area contributed by atoms with Crippen LogP contribution in [0.5, 0.6) is 17.2 Å². The van der Waals surface area contributed by atoms with Gasteiger partial charge in [0.05, 0.1) is 14.2 Å². The van der Waals surface area contributed by atoms with Crippen molar-refractivity contribution in [3.63, 3.8) is 0 Å². The van der Waals surface area contributed by atoms with Gasteiger partial charge in [-0.15, -0.1) is 0 Å². The van der Waals surface area contributed by atoms with E-state index in [9.17, 15) is 0 Å². The molecule has 1 saturated carbocycles. The lowest BCUT2D eigenvalue weighted by molar-refractivity contribution is 0.0738. The Morgan fingerprint density at radius 1 is 0.682 bits per heavy atom. The Kier molecular flexibility index (Phi) is 4.23. The van der Waals surface area contributed by atoms with Crippen LogP contribution in [-0.2, 0) is 5.60 Å². The molecule has 0 bridgehead atoms. The van der Waals surface area contributed by atoms with Crippen molar-refractivity contribution in [1.82, 2.24) is 0 Å². The third kappa shape index (κ3) is 2.89. The number of rotatable bonds is 5. The molecule has 2 aromatic carbocycles. The standard InChI is InChI=1S/C19H22O3/c1-20-16-7-5-15(6-8-16)19(13-3-4-14-19)22-18-11-9-17(21-2)10-12-18/h5-12H,3-4,13-14H2,1-2H3. The Hall–Kier alpha value is -2.16. The van der Waals surface area contributed by atoms with Gasteiger partial charge in [-0.05, 0) is 67.6 Å². The van der Waals surface area contributed by atoms with Gasteiger partial charge in [0.2, 0.25) is 0 Å². The highest BCUT2D eigenvalue weighted by Crippen LogP contribution is 2.43. The first kappa shape index (κ1) is 14.8. The van der Waals surface area contributed by atoms with Crippen molar-refractivity contribution in [3.05, 3.63) is 54.1 Å². The van der Waals surface area contributed by atoms with Gasteiger partial charge in [-0.1, -0.05) is 12.1 Å². The van der Waals surface area contributed by atoms with E-state index < -0.39 is 0 Å². The van der Waals surface area contributed by atoms with E-state index in [1.54, 1.807) is 14.2 Å². The van der Waals surface area contributed by atoms with Crippen LogP contribution in [0.3, 0.4) is 0 Å². The fourth-order valence-corrected chi connectivity index (χ4v) is 3.16. The SMILES string of the molecule is COc1ccc(OC2(c3ccc(OC)cc3)CCCC2)cc1. The fourth-order valence-electron chi connectivity index (χ4n) is 3.16. The van der Waals surface area contributed by atoms with Gasteiger partial charge < -0.3 is 14.2 Å². The molecule has 22 heavy (non-hydrogen) atoms. The molecule has 0 radical (unpaired) electrons. The summed E-state index contributed by atoms with van der Waals surface area (Å²) in [4.78, 5) is 0. The molecule has 3 nitrogen and oxygen atoms in total. The van der Waals surface area contributed by atoms with Crippen LogP contribution in [0, 0.1) is 0 Å². The lowest BCUT2D eigenvalue weighted by Crippen LogP contribution is -2.29. The van der Waals surface area contributed by atoms with E-state index in [2.05, 4.69) is 12.1 Å². The van der Waals surface area contributed by atoms with E-state index in [0.29, 0.717) is 0 Å². The summed E-state index contributed by atoms with van der Waals surface area (Å²) >= 11 is 0. The smallest absolute Gasteiger partial charge is 0.134 e. The molecular weight excluding hydrogens is 276 g/mol. The van der Waals surface area contributed by atoms with Crippen LogP contribution in [-0.4, -0.2) is 14.2 Å². The molecule has 0 amide bonds. The minimum absolute atomic E-state index is 0.221. The van der Waals surface area contributed by atoms with Crippen molar-refractivity contribution in [1.29, 1.82) is 0 Å². The maximum absolute atomic E-state index is 6.43. The Morgan fingerprint density at radius 2 is 1.14 bits per heavy atom. The largest absolute Gasteiger partial charge is 0.497 e. The van der Waals surface area contributed by atoms with Crippen LogP contribution in [0.25, 0.3) is 0 Å². The van der Waals surface area contributed by atoms with Crippen molar-refractivity contribution in [2.24, 2.45) is 0 Å². The third-order valence-corrected chi connectivity index (χ3v) is 4.40. The van der Waals surface area contributed by atoms with E-state index in [1.807, 2.05) is 36.4 Å². The molecule has 0 spiro atoms. The molecule has 0 aromatic heterocycles. The van der Waals surface area contributed by atoms with E-state index in [4.69, 9.17) is 14.2 Å². The van der Waals surface area contributed by atoms with Crippen molar-refractivity contribution >= 4 is 0 Å². The Labute approximate surface area is 131 Å². The summed E-state index contributed by atoms with van der Waals surface area (Å²) in [7, 11) is 3.36. The molecule has 0 N–H and O–H groups in total. The van der Waals surface area contributed by atoms with Crippen LogP contribution < -0.4 is 14.2 Å².